The molecule has 0 bridgehead atoms. The molecule has 0 radical (unpaired) electrons. The van der Waals surface area contributed by atoms with Crippen molar-refractivity contribution >= 4 is 5.97 Å². The first kappa shape index (κ1) is 16.6. The zero-order chi connectivity index (χ0) is 15.3. The van der Waals surface area contributed by atoms with Crippen molar-refractivity contribution in [3.63, 3.8) is 0 Å². The third kappa shape index (κ3) is 3.79. The number of aliphatic hydroxyl groups is 1. The van der Waals surface area contributed by atoms with E-state index < -0.39 is 11.6 Å². The number of hydrogen-bond acceptors (Lipinski definition) is 5. The number of hydrogen-bond donors (Lipinski definition) is 1. The molecule has 0 aliphatic rings. The van der Waals surface area contributed by atoms with Crippen LogP contribution >= 0.6 is 0 Å². The molecule has 20 heavy (non-hydrogen) atoms. The Morgan fingerprint density at radius 2 is 2.10 bits per heavy atom. The minimum Gasteiger partial charge on any atom is -0.461 e. The van der Waals surface area contributed by atoms with Gasteiger partial charge in [0.05, 0.1) is 24.4 Å². The van der Waals surface area contributed by atoms with E-state index in [9.17, 15) is 9.90 Å². The molecule has 114 valence electrons. The lowest BCUT2D eigenvalue weighted by Gasteiger charge is -2.27. The van der Waals surface area contributed by atoms with Crippen molar-refractivity contribution in [3.05, 3.63) is 11.4 Å². The summed E-state index contributed by atoms with van der Waals surface area (Å²) in [7, 11) is 0. The summed E-state index contributed by atoms with van der Waals surface area (Å²) in [6, 6.07) is 0. The number of aromatic nitrogens is 3. The Balaban J connectivity index is 3.06. The zero-order valence-corrected chi connectivity index (χ0v) is 13.0. The molecule has 0 saturated carbocycles. The van der Waals surface area contributed by atoms with Crippen LogP contribution in [0.25, 0.3) is 0 Å². The summed E-state index contributed by atoms with van der Waals surface area (Å²) in [5.74, 6) is -0.376. The lowest BCUT2D eigenvalue weighted by atomic mass is 9.92. The predicted molar refractivity (Wildman–Crippen MR) is 75.4 cm³/mol. The van der Waals surface area contributed by atoms with Gasteiger partial charge in [0.1, 0.15) is 0 Å². The second-order valence-corrected chi connectivity index (χ2v) is 5.52. The lowest BCUT2D eigenvalue weighted by molar-refractivity contribution is -0.00685. The maximum absolute atomic E-state index is 11.9. The van der Waals surface area contributed by atoms with Crippen LogP contribution < -0.4 is 0 Å². The minimum absolute atomic E-state index is 0.0761. The van der Waals surface area contributed by atoms with Crippen LogP contribution in [0.4, 0.5) is 0 Å². The summed E-state index contributed by atoms with van der Waals surface area (Å²) in [5, 5.41) is 18.3. The van der Waals surface area contributed by atoms with Crippen molar-refractivity contribution in [3.8, 4) is 0 Å². The maximum atomic E-state index is 11.9. The molecule has 0 spiro atoms. The molecule has 1 heterocycles. The monoisotopic (exact) mass is 283 g/mol. The molecule has 1 atom stereocenters. The summed E-state index contributed by atoms with van der Waals surface area (Å²) >= 11 is 0. The van der Waals surface area contributed by atoms with Gasteiger partial charge < -0.3 is 9.84 Å². The Hall–Kier alpha value is -1.43. The number of esters is 1. The molecule has 1 rings (SSSR count). The Kier molecular flexibility index (Phi) is 5.68. The molecule has 1 aromatic heterocycles. The molecule has 0 fully saturated rings. The fraction of sp³-hybridized carbons (Fsp3) is 0.786. The van der Waals surface area contributed by atoms with Crippen molar-refractivity contribution in [2.24, 2.45) is 5.92 Å². The summed E-state index contributed by atoms with van der Waals surface area (Å²) in [6.45, 7) is 10.1. The van der Waals surface area contributed by atoms with Gasteiger partial charge in [0, 0.05) is 0 Å². The summed E-state index contributed by atoms with van der Waals surface area (Å²) in [6.07, 6.45) is 1.54. The fourth-order valence-electron chi connectivity index (χ4n) is 1.79. The largest absolute Gasteiger partial charge is 0.461 e. The molecule has 1 aromatic rings. The van der Waals surface area contributed by atoms with Crippen LogP contribution in [0.2, 0.25) is 0 Å². The third-order valence-corrected chi connectivity index (χ3v) is 3.51. The highest BCUT2D eigenvalue weighted by Crippen LogP contribution is 2.20. The van der Waals surface area contributed by atoms with E-state index in [0.717, 1.165) is 12.1 Å². The standard InChI is InChI=1S/C14H25N3O3/c1-6-8-11-12(13(18)20-7-2)15-16-17(11)9-14(5,19)10(3)4/h10,19H,6-9H2,1-5H3. The Morgan fingerprint density at radius 3 is 2.60 bits per heavy atom. The van der Waals surface area contributed by atoms with E-state index >= 15 is 0 Å². The third-order valence-electron chi connectivity index (χ3n) is 3.51. The van der Waals surface area contributed by atoms with E-state index in [4.69, 9.17) is 4.74 Å². The molecule has 0 amide bonds. The van der Waals surface area contributed by atoms with E-state index in [1.54, 1.807) is 18.5 Å². The van der Waals surface area contributed by atoms with Crippen LogP contribution in [0.3, 0.4) is 0 Å². The molecular weight excluding hydrogens is 258 g/mol. The molecule has 0 aliphatic carbocycles. The van der Waals surface area contributed by atoms with Crippen LogP contribution in [-0.4, -0.2) is 38.3 Å². The molecule has 6 nitrogen and oxygen atoms in total. The van der Waals surface area contributed by atoms with E-state index in [1.807, 2.05) is 20.8 Å². The Morgan fingerprint density at radius 1 is 1.45 bits per heavy atom. The van der Waals surface area contributed by atoms with Gasteiger partial charge in [-0.3, -0.25) is 0 Å². The maximum Gasteiger partial charge on any atom is 0.360 e. The van der Waals surface area contributed by atoms with Gasteiger partial charge in [-0.15, -0.1) is 5.10 Å². The number of rotatable bonds is 7. The van der Waals surface area contributed by atoms with Gasteiger partial charge in [0.25, 0.3) is 0 Å². The van der Waals surface area contributed by atoms with E-state index in [-0.39, 0.29) is 11.6 Å². The van der Waals surface area contributed by atoms with Gasteiger partial charge >= 0.3 is 5.97 Å². The predicted octanol–water partition coefficient (Wildman–Crippen LogP) is 1.81. The first-order chi connectivity index (χ1) is 9.33. The first-order valence-corrected chi connectivity index (χ1v) is 7.15. The Bertz CT molecular complexity index is 453. The topological polar surface area (TPSA) is 77.2 Å². The fourth-order valence-corrected chi connectivity index (χ4v) is 1.79. The summed E-state index contributed by atoms with van der Waals surface area (Å²) in [5.41, 5.74) is 0.0856. The van der Waals surface area contributed by atoms with Crippen molar-refractivity contribution in [2.75, 3.05) is 6.61 Å². The second kappa shape index (κ2) is 6.83. The molecule has 0 aliphatic heterocycles. The highest BCUT2D eigenvalue weighted by atomic mass is 16.5. The van der Waals surface area contributed by atoms with Crippen molar-refractivity contribution in [1.29, 1.82) is 0 Å². The molecule has 1 N–H and O–H groups in total. The quantitative estimate of drug-likeness (QED) is 0.772. The van der Waals surface area contributed by atoms with E-state index in [1.165, 1.54) is 0 Å². The van der Waals surface area contributed by atoms with Crippen LogP contribution in [0, 0.1) is 5.92 Å². The molecule has 6 heteroatoms. The Labute approximate surface area is 120 Å². The van der Waals surface area contributed by atoms with Gasteiger partial charge in [0.15, 0.2) is 5.69 Å². The van der Waals surface area contributed by atoms with Crippen LogP contribution in [0.15, 0.2) is 0 Å². The van der Waals surface area contributed by atoms with Gasteiger partial charge in [-0.25, -0.2) is 9.48 Å². The lowest BCUT2D eigenvalue weighted by Crippen LogP contribution is -2.37. The highest BCUT2D eigenvalue weighted by Gasteiger charge is 2.29. The zero-order valence-electron chi connectivity index (χ0n) is 13.0. The molecule has 0 aromatic carbocycles. The summed E-state index contributed by atoms with van der Waals surface area (Å²) in [4.78, 5) is 11.9. The minimum atomic E-state index is -0.901. The van der Waals surface area contributed by atoms with Gasteiger partial charge in [0.2, 0.25) is 0 Å². The molecular formula is C14H25N3O3. The van der Waals surface area contributed by atoms with Crippen molar-refractivity contribution in [2.45, 2.75) is 59.6 Å². The van der Waals surface area contributed by atoms with E-state index in [0.29, 0.717) is 19.6 Å². The van der Waals surface area contributed by atoms with E-state index in [2.05, 4.69) is 10.3 Å². The van der Waals surface area contributed by atoms with Crippen molar-refractivity contribution < 1.29 is 14.6 Å². The number of carbonyl (C=O) groups excluding carboxylic acids is 1. The molecule has 1 unspecified atom stereocenters. The number of ether oxygens (including phenoxy) is 1. The number of nitrogens with zero attached hydrogens (tertiary/aromatic N) is 3. The second-order valence-electron chi connectivity index (χ2n) is 5.52. The average molecular weight is 283 g/mol. The summed E-state index contributed by atoms with van der Waals surface area (Å²) < 4.78 is 6.61. The average Bonchev–Trinajstić information content (AvgIpc) is 2.72. The van der Waals surface area contributed by atoms with Gasteiger partial charge in [-0.2, -0.15) is 0 Å². The smallest absolute Gasteiger partial charge is 0.360 e. The van der Waals surface area contributed by atoms with Crippen LogP contribution in [0.5, 0.6) is 0 Å². The van der Waals surface area contributed by atoms with Gasteiger partial charge in [-0.1, -0.05) is 32.4 Å². The SMILES string of the molecule is CCCc1c(C(=O)OCC)nnn1CC(C)(O)C(C)C. The number of carbonyl (C=O) groups is 1. The first-order valence-electron chi connectivity index (χ1n) is 7.15. The van der Waals surface area contributed by atoms with Crippen LogP contribution in [0.1, 0.15) is 57.2 Å². The normalized spacial score (nSPS) is 14.3. The molecule has 0 saturated heterocycles. The van der Waals surface area contributed by atoms with Crippen molar-refractivity contribution in [1.82, 2.24) is 15.0 Å². The van der Waals surface area contributed by atoms with Crippen LogP contribution in [-0.2, 0) is 17.7 Å². The van der Waals surface area contributed by atoms with Gasteiger partial charge in [-0.05, 0) is 26.2 Å². The highest BCUT2D eigenvalue weighted by molar-refractivity contribution is 5.88.